The Labute approximate surface area is 132 Å². The molecule has 0 spiro atoms. The molecule has 0 aromatic heterocycles. The lowest BCUT2D eigenvalue weighted by Crippen LogP contribution is -2.30. The summed E-state index contributed by atoms with van der Waals surface area (Å²) in [4.78, 5) is 11.9. The van der Waals surface area contributed by atoms with Crippen LogP contribution in [0.4, 0.5) is 0 Å². The lowest BCUT2D eigenvalue weighted by atomic mass is 9.68. The molecule has 2 heteroatoms. The Kier molecular flexibility index (Phi) is 3.74. The predicted octanol–water partition coefficient (Wildman–Crippen LogP) is 4.65. The van der Waals surface area contributed by atoms with Crippen molar-refractivity contribution in [2.24, 2.45) is 0 Å². The molecule has 0 radical (unpaired) electrons. The molecule has 0 saturated heterocycles. The molecule has 3 rings (SSSR count). The molecule has 0 amide bonds. The number of carbonyl (C=O) groups excluding carboxylic acids is 1. The largest absolute Gasteiger partial charge is 0.294 e. The second-order valence-electron chi connectivity index (χ2n) is 5.12. The van der Waals surface area contributed by atoms with Gasteiger partial charge >= 0.3 is 0 Å². The zero-order chi connectivity index (χ0) is 14.0. The average molecular weight is 374 g/mol. The Morgan fingerprint density at radius 1 is 0.850 bits per heavy atom. The Balaban J connectivity index is 2.22. The van der Waals surface area contributed by atoms with E-state index in [1.54, 1.807) is 0 Å². The number of rotatable bonds is 2. The molecule has 1 aliphatic rings. The van der Waals surface area contributed by atoms with Crippen LogP contribution < -0.4 is 0 Å². The quantitative estimate of drug-likeness (QED) is 0.700. The summed E-state index contributed by atoms with van der Waals surface area (Å²) in [5, 5.41) is 0. The number of carbonyl (C=O) groups is 1. The molecular formula is C18H15IO. The van der Waals surface area contributed by atoms with Crippen LogP contribution in [0, 0.1) is 0 Å². The van der Waals surface area contributed by atoms with Crippen LogP contribution in [-0.2, 0) is 10.2 Å². The van der Waals surface area contributed by atoms with Crippen molar-refractivity contribution in [2.45, 2.75) is 18.3 Å². The van der Waals surface area contributed by atoms with Crippen molar-refractivity contribution >= 4 is 28.4 Å². The van der Waals surface area contributed by atoms with Crippen LogP contribution in [-0.4, -0.2) is 5.78 Å². The van der Waals surface area contributed by atoms with Gasteiger partial charge in [0.05, 0.1) is 3.58 Å². The third kappa shape index (κ3) is 2.33. The molecule has 0 fully saturated rings. The molecule has 0 aliphatic heterocycles. The maximum Gasteiger partial charge on any atom is 0.168 e. The van der Waals surface area contributed by atoms with Crippen molar-refractivity contribution in [3.63, 3.8) is 0 Å². The van der Waals surface area contributed by atoms with E-state index >= 15 is 0 Å². The van der Waals surface area contributed by atoms with Gasteiger partial charge in [-0.2, -0.15) is 0 Å². The van der Waals surface area contributed by atoms with Crippen LogP contribution in [0.15, 0.2) is 70.3 Å². The van der Waals surface area contributed by atoms with E-state index in [0.717, 1.165) is 10.0 Å². The van der Waals surface area contributed by atoms with Gasteiger partial charge < -0.3 is 0 Å². The summed E-state index contributed by atoms with van der Waals surface area (Å²) in [7, 11) is 0. The molecule has 0 saturated carbocycles. The maximum absolute atomic E-state index is 11.9. The second kappa shape index (κ2) is 5.52. The molecule has 0 bridgehead atoms. The highest BCUT2D eigenvalue weighted by atomic mass is 127. The predicted molar refractivity (Wildman–Crippen MR) is 90.0 cm³/mol. The van der Waals surface area contributed by atoms with Crippen LogP contribution in [0.5, 0.6) is 0 Å². The van der Waals surface area contributed by atoms with Gasteiger partial charge in [-0.05, 0) is 40.1 Å². The Hall–Kier alpha value is -1.42. The van der Waals surface area contributed by atoms with Gasteiger partial charge in [-0.3, -0.25) is 4.79 Å². The number of hydrogen-bond donors (Lipinski definition) is 0. The average Bonchev–Trinajstić information content (AvgIpc) is 2.52. The highest BCUT2D eigenvalue weighted by Gasteiger charge is 2.36. The fourth-order valence-corrected chi connectivity index (χ4v) is 3.69. The summed E-state index contributed by atoms with van der Waals surface area (Å²) in [6.45, 7) is 0. The molecule has 100 valence electrons. The molecule has 1 aliphatic carbocycles. The molecule has 0 atom stereocenters. The summed E-state index contributed by atoms with van der Waals surface area (Å²) in [6, 6.07) is 21.0. The van der Waals surface area contributed by atoms with Crippen molar-refractivity contribution in [1.29, 1.82) is 0 Å². The minimum absolute atomic E-state index is 0.174. The fraction of sp³-hybridized carbons (Fsp3) is 0.167. The first-order valence-electron chi connectivity index (χ1n) is 6.75. The van der Waals surface area contributed by atoms with Crippen LogP contribution in [0.3, 0.4) is 0 Å². The first kappa shape index (κ1) is 13.6. The minimum Gasteiger partial charge on any atom is -0.294 e. The lowest BCUT2D eigenvalue weighted by molar-refractivity contribution is -0.115. The molecule has 1 nitrogen and oxygen atoms in total. The van der Waals surface area contributed by atoms with Gasteiger partial charge in [0.25, 0.3) is 0 Å². The van der Waals surface area contributed by atoms with E-state index in [4.69, 9.17) is 0 Å². The summed E-state index contributed by atoms with van der Waals surface area (Å²) in [5.74, 6) is 0.257. The maximum atomic E-state index is 11.9. The highest BCUT2D eigenvalue weighted by molar-refractivity contribution is 14.1. The first-order chi connectivity index (χ1) is 9.72. The van der Waals surface area contributed by atoms with Gasteiger partial charge in [0.15, 0.2) is 5.78 Å². The van der Waals surface area contributed by atoms with Crippen molar-refractivity contribution in [2.75, 3.05) is 0 Å². The van der Waals surface area contributed by atoms with Crippen molar-refractivity contribution in [3.8, 4) is 0 Å². The minimum atomic E-state index is -0.174. The number of ketones is 1. The van der Waals surface area contributed by atoms with E-state index in [-0.39, 0.29) is 11.2 Å². The highest BCUT2D eigenvalue weighted by Crippen LogP contribution is 2.43. The summed E-state index contributed by atoms with van der Waals surface area (Å²) < 4.78 is 0.849. The van der Waals surface area contributed by atoms with Gasteiger partial charge in [0.2, 0.25) is 0 Å². The molecule has 2 aromatic carbocycles. The standard InChI is InChI=1S/C18H15IO/c19-16-13-18(12-11-17(16)20,14-7-3-1-4-8-14)15-9-5-2-6-10-15/h1-10,13H,11-12H2. The summed E-state index contributed by atoms with van der Waals surface area (Å²) >= 11 is 2.17. The molecule has 2 aromatic rings. The number of Topliss-reactive ketones (excluding diaryl/α,β-unsaturated/α-hetero) is 1. The zero-order valence-electron chi connectivity index (χ0n) is 11.1. The number of benzene rings is 2. The first-order valence-corrected chi connectivity index (χ1v) is 7.83. The number of halogens is 1. The van der Waals surface area contributed by atoms with Crippen molar-refractivity contribution in [3.05, 3.63) is 81.4 Å². The monoisotopic (exact) mass is 374 g/mol. The Morgan fingerprint density at radius 3 is 1.80 bits per heavy atom. The van der Waals surface area contributed by atoms with E-state index < -0.39 is 0 Å². The summed E-state index contributed by atoms with van der Waals surface area (Å²) in [6.07, 6.45) is 3.59. The lowest BCUT2D eigenvalue weighted by Gasteiger charge is -2.35. The third-order valence-electron chi connectivity index (χ3n) is 3.96. The van der Waals surface area contributed by atoms with Gasteiger partial charge in [-0.25, -0.2) is 0 Å². The van der Waals surface area contributed by atoms with Gasteiger partial charge in [-0.15, -0.1) is 0 Å². The Bertz CT molecular complexity index is 604. The van der Waals surface area contributed by atoms with Crippen molar-refractivity contribution in [1.82, 2.24) is 0 Å². The molecule has 0 N–H and O–H groups in total. The van der Waals surface area contributed by atoms with Gasteiger partial charge in [0, 0.05) is 11.8 Å². The van der Waals surface area contributed by atoms with Gasteiger partial charge in [-0.1, -0.05) is 66.7 Å². The van der Waals surface area contributed by atoms with Crippen LogP contribution in [0.2, 0.25) is 0 Å². The number of allylic oxidation sites excluding steroid dienone is 2. The van der Waals surface area contributed by atoms with E-state index in [2.05, 4.69) is 77.2 Å². The smallest absolute Gasteiger partial charge is 0.168 e. The normalized spacial score (nSPS) is 17.6. The molecule has 0 unspecified atom stereocenters. The number of hydrogen-bond acceptors (Lipinski definition) is 1. The topological polar surface area (TPSA) is 17.1 Å². The molecule has 20 heavy (non-hydrogen) atoms. The van der Waals surface area contributed by atoms with Crippen LogP contribution >= 0.6 is 22.6 Å². The van der Waals surface area contributed by atoms with Gasteiger partial charge in [0.1, 0.15) is 0 Å². The summed E-state index contributed by atoms with van der Waals surface area (Å²) in [5.41, 5.74) is 2.34. The van der Waals surface area contributed by atoms with E-state index in [1.807, 2.05) is 12.1 Å². The van der Waals surface area contributed by atoms with E-state index in [0.29, 0.717) is 6.42 Å². The zero-order valence-corrected chi connectivity index (χ0v) is 13.2. The SMILES string of the molecule is O=C1CCC(c2ccccc2)(c2ccccc2)C=C1I. The van der Waals surface area contributed by atoms with E-state index in [1.165, 1.54) is 11.1 Å². The molecular weight excluding hydrogens is 359 g/mol. The third-order valence-corrected chi connectivity index (χ3v) is 4.88. The van der Waals surface area contributed by atoms with Crippen LogP contribution in [0.1, 0.15) is 24.0 Å². The van der Waals surface area contributed by atoms with Crippen molar-refractivity contribution < 1.29 is 4.79 Å². The second-order valence-corrected chi connectivity index (χ2v) is 6.28. The Morgan fingerprint density at radius 2 is 1.35 bits per heavy atom. The van der Waals surface area contributed by atoms with Crippen LogP contribution in [0.25, 0.3) is 0 Å². The molecule has 0 heterocycles. The fourth-order valence-electron chi connectivity index (χ4n) is 2.89. The van der Waals surface area contributed by atoms with E-state index in [9.17, 15) is 4.79 Å².